The number of nitrogens with zero attached hydrogens (tertiary/aromatic N) is 4. The third kappa shape index (κ3) is 6.22. The number of benzene rings is 2. The molecule has 3 heterocycles. The Labute approximate surface area is 228 Å². The number of anilines is 2. The van der Waals surface area contributed by atoms with E-state index in [1.165, 1.54) is 12.1 Å². The molecule has 14 heteroatoms. The van der Waals surface area contributed by atoms with Crippen molar-refractivity contribution in [2.45, 2.75) is 42.8 Å². The first-order chi connectivity index (χ1) is 18.9. The predicted octanol–water partition coefficient (Wildman–Crippen LogP) is 4.72. The van der Waals surface area contributed by atoms with Crippen LogP contribution in [0.5, 0.6) is 0 Å². The highest BCUT2D eigenvalue weighted by Gasteiger charge is 2.32. The van der Waals surface area contributed by atoms with Crippen LogP contribution in [-0.2, 0) is 22.9 Å². The number of piperidine rings is 1. The van der Waals surface area contributed by atoms with Gasteiger partial charge in [0.2, 0.25) is 11.7 Å². The van der Waals surface area contributed by atoms with Crippen LogP contribution >= 0.6 is 0 Å². The Kier molecular flexibility index (Phi) is 7.48. The Morgan fingerprint density at radius 2 is 1.90 bits per heavy atom. The van der Waals surface area contributed by atoms with Crippen LogP contribution in [0.3, 0.4) is 0 Å². The molecule has 2 atom stereocenters. The summed E-state index contributed by atoms with van der Waals surface area (Å²) in [6.45, 7) is -0.235. The van der Waals surface area contributed by atoms with E-state index in [1.54, 1.807) is 36.4 Å². The summed E-state index contributed by atoms with van der Waals surface area (Å²) >= 11 is 0. The monoisotopic (exact) mass is 580 g/mol. The molecule has 1 fully saturated rings. The van der Waals surface area contributed by atoms with Crippen LogP contribution in [0.1, 0.15) is 12.3 Å². The van der Waals surface area contributed by atoms with E-state index in [0.717, 1.165) is 10.8 Å². The molecular weight excluding hydrogens is 552 g/mol. The van der Waals surface area contributed by atoms with E-state index >= 15 is 0 Å². The van der Waals surface area contributed by atoms with E-state index in [2.05, 4.69) is 20.8 Å². The molecule has 0 bridgehead atoms. The molecule has 0 saturated carbocycles. The van der Waals surface area contributed by atoms with Crippen LogP contribution in [0.2, 0.25) is 0 Å². The third-order valence-electron chi connectivity index (χ3n) is 6.79. The maximum Gasteiger partial charge on any atom is 0.406 e. The van der Waals surface area contributed by atoms with E-state index < -0.39 is 34.8 Å². The molecule has 0 spiro atoms. The van der Waals surface area contributed by atoms with Crippen molar-refractivity contribution in [3.05, 3.63) is 54.4 Å². The maximum absolute atomic E-state index is 14.7. The minimum absolute atomic E-state index is 0.0294. The largest absolute Gasteiger partial charge is 0.406 e. The molecule has 5 rings (SSSR count). The Morgan fingerprint density at radius 3 is 2.58 bits per heavy atom. The highest BCUT2D eigenvalue weighted by atomic mass is 32.2. The molecule has 2 aromatic heterocycles. The molecule has 0 amide bonds. The Hall–Kier alpha value is -3.65. The van der Waals surface area contributed by atoms with Crippen molar-refractivity contribution in [3.63, 3.8) is 0 Å². The summed E-state index contributed by atoms with van der Waals surface area (Å²) in [4.78, 5) is 6.36. The number of fused-ring (bicyclic) bond motifs is 1. The van der Waals surface area contributed by atoms with Gasteiger partial charge in [-0.3, -0.25) is 0 Å². The van der Waals surface area contributed by atoms with Gasteiger partial charge in [0.25, 0.3) is 0 Å². The quantitative estimate of drug-likeness (QED) is 0.289. The molecule has 0 unspecified atom stereocenters. The summed E-state index contributed by atoms with van der Waals surface area (Å²) in [6.07, 6.45) is -3.98. The first-order valence-corrected chi connectivity index (χ1v) is 14.4. The van der Waals surface area contributed by atoms with Crippen molar-refractivity contribution in [2.75, 3.05) is 37.0 Å². The number of nitrogens with one attached hydrogen (secondary N) is 2. The number of alkyl halides is 4. The molecular formula is C26H28F4N6O3S. The number of hydrogen-bond donors (Lipinski definition) is 2. The molecule has 214 valence electrons. The van der Waals surface area contributed by atoms with Gasteiger partial charge in [0.15, 0.2) is 9.84 Å². The second kappa shape index (κ2) is 10.7. The Bertz CT molecular complexity index is 1600. The van der Waals surface area contributed by atoms with Gasteiger partial charge in [-0.1, -0.05) is 11.2 Å². The second-order valence-electron chi connectivity index (χ2n) is 9.95. The molecule has 2 aromatic carbocycles. The lowest BCUT2D eigenvalue weighted by Gasteiger charge is -2.33. The van der Waals surface area contributed by atoms with Crippen LogP contribution in [0, 0.1) is 0 Å². The first kappa shape index (κ1) is 27.9. The third-order valence-corrected chi connectivity index (χ3v) is 7.92. The van der Waals surface area contributed by atoms with E-state index in [9.17, 15) is 26.0 Å². The molecule has 1 aliphatic rings. The molecule has 1 aliphatic heterocycles. The predicted molar refractivity (Wildman–Crippen MR) is 143 cm³/mol. The number of aromatic nitrogens is 3. The van der Waals surface area contributed by atoms with E-state index in [0.29, 0.717) is 35.2 Å². The average molecular weight is 581 g/mol. The highest BCUT2D eigenvalue weighted by molar-refractivity contribution is 7.90. The lowest BCUT2D eigenvalue weighted by Crippen LogP contribution is -2.46. The normalized spacial score (nSPS) is 18.8. The molecule has 0 radical (unpaired) electrons. The molecule has 9 nitrogen and oxygen atoms in total. The second-order valence-corrected chi connectivity index (χ2v) is 12.0. The van der Waals surface area contributed by atoms with Crippen molar-refractivity contribution >= 4 is 32.1 Å². The zero-order chi connectivity index (χ0) is 28.7. The van der Waals surface area contributed by atoms with Crippen LogP contribution in [-0.4, -0.2) is 72.8 Å². The SMILES string of the molecule is CN1CC[C@H](Nc2cccc3c2cc(-c2noc(CNc4ccc(S(C)(=O)=O)cc4)n2)n3CC(F)(F)F)[C@H](F)C1. The van der Waals surface area contributed by atoms with Gasteiger partial charge in [-0.15, -0.1) is 0 Å². The molecule has 2 N–H and O–H groups in total. The van der Waals surface area contributed by atoms with Gasteiger partial charge in [0.05, 0.1) is 28.7 Å². The van der Waals surface area contributed by atoms with Gasteiger partial charge in [-0.05, 0) is 55.9 Å². The highest BCUT2D eigenvalue weighted by Crippen LogP contribution is 2.35. The van der Waals surface area contributed by atoms with E-state index in [1.807, 2.05) is 11.9 Å². The van der Waals surface area contributed by atoms with Crippen LogP contribution in [0.25, 0.3) is 22.4 Å². The van der Waals surface area contributed by atoms with Gasteiger partial charge in [0.1, 0.15) is 12.7 Å². The summed E-state index contributed by atoms with van der Waals surface area (Å²) in [7, 11) is -1.49. The lowest BCUT2D eigenvalue weighted by molar-refractivity contribution is -0.139. The minimum atomic E-state index is -4.52. The van der Waals surface area contributed by atoms with Gasteiger partial charge < -0.3 is 24.6 Å². The smallest absolute Gasteiger partial charge is 0.379 e. The fourth-order valence-electron chi connectivity index (χ4n) is 4.79. The van der Waals surface area contributed by atoms with Gasteiger partial charge in [-0.2, -0.15) is 18.2 Å². The molecule has 1 saturated heterocycles. The maximum atomic E-state index is 14.7. The standard InChI is InChI=1S/C26H28F4N6O3S/c1-35-11-10-21(19(27)14-35)32-20-4-3-5-22-18(20)12-23(36(22)15-26(28,29)30)25-33-24(39-34-25)13-31-16-6-8-17(9-7-16)40(2,37)38/h3-9,12,19,21,31-32H,10-11,13-15H2,1-2H3/t19-,21+/m1/s1. The first-order valence-electron chi connectivity index (χ1n) is 12.5. The van der Waals surface area contributed by atoms with Crippen molar-refractivity contribution < 1.29 is 30.5 Å². The summed E-state index contributed by atoms with van der Waals surface area (Å²) < 4.78 is 85.2. The average Bonchev–Trinajstić information content (AvgIpc) is 3.49. The molecule has 0 aliphatic carbocycles. The summed E-state index contributed by atoms with van der Waals surface area (Å²) in [5, 5.41) is 10.6. The minimum Gasteiger partial charge on any atom is -0.379 e. The number of halogens is 4. The zero-order valence-electron chi connectivity index (χ0n) is 21.7. The Balaban J connectivity index is 1.42. The van der Waals surface area contributed by atoms with Gasteiger partial charge in [-0.25, -0.2) is 12.8 Å². The fraction of sp³-hybridized carbons (Fsp3) is 0.385. The lowest BCUT2D eigenvalue weighted by atomic mass is 10.0. The number of hydrogen-bond acceptors (Lipinski definition) is 8. The number of rotatable bonds is 8. The fourth-order valence-corrected chi connectivity index (χ4v) is 5.42. The molecule has 40 heavy (non-hydrogen) atoms. The van der Waals surface area contributed by atoms with E-state index in [4.69, 9.17) is 4.52 Å². The van der Waals surface area contributed by atoms with Crippen LogP contribution < -0.4 is 10.6 Å². The van der Waals surface area contributed by atoms with Crippen LogP contribution in [0.4, 0.5) is 28.9 Å². The Morgan fingerprint density at radius 1 is 1.15 bits per heavy atom. The van der Waals surface area contributed by atoms with Crippen molar-refractivity contribution in [1.82, 2.24) is 19.6 Å². The topological polar surface area (TPSA) is 105 Å². The summed E-state index contributed by atoms with van der Waals surface area (Å²) in [5.41, 5.74) is 1.53. The number of sulfone groups is 1. The zero-order valence-corrected chi connectivity index (χ0v) is 22.6. The van der Waals surface area contributed by atoms with Crippen molar-refractivity contribution in [2.24, 2.45) is 0 Å². The van der Waals surface area contributed by atoms with Crippen molar-refractivity contribution in [1.29, 1.82) is 0 Å². The van der Waals surface area contributed by atoms with E-state index in [-0.39, 0.29) is 35.4 Å². The van der Waals surface area contributed by atoms with Gasteiger partial charge in [0, 0.05) is 36.1 Å². The van der Waals surface area contributed by atoms with Gasteiger partial charge >= 0.3 is 6.18 Å². The summed E-state index contributed by atoms with van der Waals surface area (Å²) in [5.74, 6) is 0.0919. The van der Waals surface area contributed by atoms with Crippen molar-refractivity contribution in [3.8, 4) is 11.5 Å². The number of likely N-dealkylation sites (tertiary alicyclic amines) is 1. The van der Waals surface area contributed by atoms with Crippen LogP contribution in [0.15, 0.2) is 57.9 Å². The summed E-state index contributed by atoms with van der Waals surface area (Å²) in [6, 6.07) is 12.1. The molecule has 4 aromatic rings.